The molecule has 146 valence electrons. The third kappa shape index (κ3) is 6.52. The lowest BCUT2D eigenvalue weighted by Crippen LogP contribution is -2.43. The van der Waals surface area contributed by atoms with Crippen LogP contribution in [0, 0.1) is 12.3 Å². The van der Waals surface area contributed by atoms with Crippen LogP contribution in [0.1, 0.15) is 38.7 Å². The van der Waals surface area contributed by atoms with Crippen LogP contribution in [0.3, 0.4) is 0 Å². The van der Waals surface area contributed by atoms with Crippen LogP contribution in [0.25, 0.3) is 0 Å². The third-order valence-electron chi connectivity index (χ3n) is 5.22. The molecule has 1 aliphatic rings. The van der Waals surface area contributed by atoms with Gasteiger partial charge < -0.3 is 20.3 Å². The first-order valence-electron chi connectivity index (χ1n) is 9.96. The van der Waals surface area contributed by atoms with Gasteiger partial charge >= 0.3 is 0 Å². The summed E-state index contributed by atoms with van der Waals surface area (Å²) < 4.78 is 5.52. The first-order chi connectivity index (χ1) is 12.6. The highest BCUT2D eigenvalue weighted by atomic mass is 16.5. The number of rotatable bonds is 11. The average molecular weight is 361 g/mol. The molecule has 2 rings (SSSR count). The Hall–Kier alpha value is -1.75. The Kier molecular flexibility index (Phi) is 8.23. The number of aryl methyl sites for hydroxylation is 1. The van der Waals surface area contributed by atoms with E-state index in [0.717, 1.165) is 51.8 Å². The van der Waals surface area contributed by atoms with Crippen LogP contribution in [0.2, 0.25) is 0 Å². The zero-order valence-electron chi connectivity index (χ0n) is 17.0. The first kappa shape index (κ1) is 20.6. The second-order valence-corrected chi connectivity index (χ2v) is 7.22. The second-order valence-electron chi connectivity index (χ2n) is 7.22. The van der Waals surface area contributed by atoms with Gasteiger partial charge in [0.05, 0.1) is 0 Å². The lowest BCUT2D eigenvalue weighted by Gasteiger charge is -2.24. The van der Waals surface area contributed by atoms with Gasteiger partial charge in [0, 0.05) is 52.1 Å². The fraction of sp³-hybridized carbons (Fsp3) is 0.667. The van der Waals surface area contributed by atoms with E-state index < -0.39 is 0 Å². The van der Waals surface area contributed by atoms with Crippen molar-refractivity contribution in [2.45, 2.75) is 40.0 Å². The number of hydrogen-bond acceptors (Lipinski definition) is 3. The highest BCUT2D eigenvalue weighted by molar-refractivity contribution is 5.79. The SMILES string of the molecule is CCOCCC1(CNC(=NC)NCCN(CC)c2cccc(C)c2)CC1. The summed E-state index contributed by atoms with van der Waals surface area (Å²) in [4.78, 5) is 6.76. The molecule has 1 aromatic rings. The summed E-state index contributed by atoms with van der Waals surface area (Å²) in [7, 11) is 1.84. The predicted molar refractivity (Wildman–Crippen MR) is 111 cm³/mol. The Morgan fingerprint density at radius 1 is 1.27 bits per heavy atom. The zero-order chi connectivity index (χ0) is 18.8. The summed E-state index contributed by atoms with van der Waals surface area (Å²) in [6.45, 7) is 11.9. The quantitative estimate of drug-likeness (QED) is 0.361. The summed E-state index contributed by atoms with van der Waals surface area (Å²) in [6, 6.07) is 8.68. The average Bonchev–Trinajstić information content (AvgIpc) is 3.41. The van der Waals surface area contributed by atoms with Gasteiger partial charge in [0.1, 0.15) is 0 Å². The number of nitrogens with one attached hydrogen (secondary N) is 2. The second kappa shape index (κ2) is 10.4. The molecule has 2 N–H and O–H groups in total. The molecule has 0 aromatic heterocycles. The van der Waals surface area contributed by atoms with E-state index in [1.54, 1.807) is 0 Å². The van der Waals surface area contributed by atoms with Crippen molar-refractivity contribution in [2.75, 3.05) is 51.3 Å². The molecule has 5 heteroatoms. The van der Waals surface area contributed by atoms with Crippen molar-refractivity contribution in [1.29, 1.82) is 0 Å². The van der Waals surface area contributed by atoms with Crippen molar-refractivity contribution in [3.63, 3.8) is 0 Å². The van der Waals surface area contributed by atoms with Crippen LogP contribution < -0.4 is 15.5 Å². The molecule has 0 saturated heterocycles. The van der Waals surface area contributed by atoms with Crippen LogP contribution in [-0.2, 0) is 4.74 Å². The number of benzene rings is 1. The Bertz CT molecular complexity index is 569. The molecule has 1 aromatic carbocycles. The molecule has 0 unspecified atom stereocenters. The monoisotopic (exact) mass is 360 g/mol. The molecule has 0 radical (unpaired) electrons. The number of aliphatic imine (C=N–C) groups is 1. The van der Waals surface area contributed by atoms with E-state index in [9.17, 15) is 0 Å². The zero-order valence-corrected chi connectivity index (χ0v) is 17.0. The molecule has 0 spiro atoms. The standard InChI is InChI=1S/C21H36N4O/c1-5-25(19-9-7-8-18(3)16-19)14-13-23-20(22-4)24-17-21(10-11-21)12-15-26-6-2/h7-9,16H,5-6,10-15,17H2,1-4H3,(H2,22,23,24). The van der Waals surface area contributed by atoms with Crippen LogP contribution >= 0.6 is 0 Å². The van der Waals surface area contributed by atoms with Crippen molar-refractivity contribution in [2.24, 2.45) is 10.4 Å². The summed E-state index contributed by atoms with van der Waals surface area (Å²) in [5.74, 6) is 0.896. The van der Waals surface area contributed by atoms with Crippen molar-refractivity contribution in [3.8, 4) is 0 Å². The van der Waals surface area contributed by atoms with Gasteiger partial charge in [-0.15, -0.1) is 0 Å². The van der Waals surface area contributed by atoms with Gasteiger partial charge in [0.25, 0.3) is 0 Å². The van der Waals surface area contributed by atoms with Crippen LogP contribution in [0.4, 0.5) is 5.69 Å². The molecule has 0 heterocycles. The number of hydrogen-bond donors (Lipinski definition) is 2. The van der Waals surface area contributed by atoms with E-state index in [-0.39, 0.29) is 0 Å². The van der Waals surface area contributed by atoms with E-state index in [1.807, 2.05) is 7.05 Å². The van der Waals surface area contributed by atoms with Crippen molar-refractivity contribution < 1.29 is 4.74 Å². The van der Waals surface area contributed by atoms with E-state index in [4.69, 9.17) is 4.74 Å². The molecule has 5 nitrogen and oxygen atoms in total. The van der Waals surface area contributed by atoms with Crippen LogP contribution in [0.5, 0.6) is 0 Å². The molecular formula is C21H36N4O. The number of ether oxygens (including phenoxy) is 1. The largest absolute Gasteiger partial charge is 0.382 e. The first-order valence-corrected chi connectivity index (χ1v) is 9.96. The predicted octanol–water partition coefficient (Wildman–Crippen LogP) is 3.19. The summed E-state index contributed by atoms with van der Waals surface area (Å²) in [6.07, 6.45) is 3.73. The van der Waals surface area contributed by atoms with E-state index >= 15 is 0 Å². The highest BCUT2D eigenvalue weighted by Crippen LogP contribution is 2.48. The molecule has 1 fully saturated rings. The Morgan fingerprint density at radius 3 is 2.69 bits per heavy atom. The normalized spacial score (nSPS) is 15.6. The molecule has 1 aliphatic carbocycles. The van der Waals surface area contributed by atoms with Crippen molar-refractivity contribution in [1.82, 2.24) is 10.6 Å². The molecular weight excluding hydrogens is 324 g/mol. The van der Waals surface area contributed by atoms with Crippen LogP contribution in [0.15, 0.2) is 29.3 Å². The van der Waals surface area contributed by atoms with Gasteiger partial charge in [-0.2, -0.15) is 0 Å². The lowest BCUT2D eigenvalue weighted by atomic mass is 10.0. The minimum absolute atomic E-state index is 0.420. The van der Waals surface area contributed by atoms with E-state index in [0.29, 0.717) is 5.41 Å². The molecule has 0 bridgehead atoms. The molecule has 0 atom stereocenters. The lowest BCUT2D eigenvalue weighted by molar-refractivity contribution is 0.128. The van der Waals surface area contributed by atoms with Gasteiger partial charge in [-0.3, -0.25) is 4.99 Å². The summed E-state index contributed by atoms with van der Waals surface area (Å²) in [5.41, 5.74) is 3.00. The number of guanidine groups is 1. The van der Waals surface area contributed by atoms with Gasteiger partial charge in [0.15, 0.2) is 5.96 Å². The molecule has 1 saturated carbocycles. The summed E-state index contributed by atoms with van der Waals surface area (Å²) in [5, 5.41) is 6.96. The third-order valence-corrected chi connectivity index (χ3v) is 5.22. The maximum absolute atomic E-state index is 5.52. The Balaban J connectivity index is 1.73. The minimum atomic E-state index is 0.420. The van der Waals surface area contributed by atoms with Gasteiger partial charge in [0.2, 0.25) is 0 Å². The number of anilines is 1. The van der Waals surface area contributed by atoms with Crippen molar-refractivity contribution >= 4 is 11.6 Å². The molecule has 0 amide bonds. The summed E-state index contributed by atoms with van der Waals surface area (Å²) >= 11 is 0. The van der Waals surface area contributed by atoms with E-state index in [1.165, 1.54) is 24.1 Å². The highest BCUT2D eigenvalue weighted by Gasteiger charge is 2.41. The fourth-order valence-corrected chi connectivity index (χ4v) is 3.22. The molecule has 26 heavy (non-hydrogen) atoms. The number of likely N-dealkylation sites (N-methyl/N-ethyl adjacent to an activating group) is 1. The van der Waals surface area contributed by atoms with Crippen molar-refractivity contribution in [3.05, 3.63) is 29.8 Å². The molecule has 0 aliphatic heterocycles. The smallest absolute Gasteiger partial charge is 0.191 e. The fourth-order valence-electron chi connectivity index (χ4n) is 3.22. The maximum Gasteiger partial charge on any atom is 0.191 e. The number of nitrogens with zero attached hydrogens (tertiary/aromatic N) is 2. The Morgan fingerprint density at radius 2 is 2.08 bits per heavy atom. The van der Waals surface area contributed by atoms with E-state index in [2.05, 4.69) is 65.6 Å². The van der Waals surface area contributed by atoms with Gasteiger partial charge in [-0.25, -0.2) is 0 Å². The van der Waals surface area contributed by atoms with Gasteiger partial charge in [-0.05, 0) is 63.1 Å². The van der Waals surface area contributed by atoms with Crippen LogP contribution in [-0.4, -0.2) is 52.4 Å². The Labute approximate surface area is 159 Å². The topological polar surface area (TPSA) is 48.9 Å². The minimum Gasteiger partial charge on any atom is -0.382 e. The maximum atomic E-state index is 5.52. The van der Waals surface area contributed by atoms with Gasteiger partial charge in [-0.1, -0.05) is 12.1 Å².